The normalized spacial score (nSPS) is 21.4. The largest absolute Gasteiger partial charge is 0.454 e. The maximum Gasteiger partial charge on any atom is 0.231 e. The van der Waals surface area contributed by atoms with Gasteiger partial charge in [-0.1, -0.05) is 0 Å². The van der Waals surface area contributed by atoms with E-state index >= 15 is 0 Å². The lowest BCUT2D eigenvalue weighted by Crippen LogP contribution is -2.51. The fourth-order valence-corrected chi connectivity index (χ4v) is 2.64. The van der Waals surface area contributed by atoms with Gasteiger partial charge in [0.15, 0.2) is 11.5 Å². The number of fused-ring (bicyclic) bond motifs is 1. The zero-order valence-electron chi connectivity index (χ0n) is 11.2. The van der Waals surface area contributed by atoms with Crippen molar-refractivity contribution in [3.63, 3.8) is 0 Å². The number of hydrogen-bond acceptors (Lipinski definition) is 4. The van der Waals surface area contributed by atoms with Crippen LogP contribution in [0.4, 0.5) is 5.69 Å². The third-order valence-electron chi connectivity index (χ3n) is 3.54. The lowest BCUT2D eigenvalue weighted by atomic mass is 10.0. The molecule has 1 aromatic carbocycles. The minimum Gasteiger partial charge on any atom is -0.454 e. The average Bonchev–Trinajstić information content (AvgIpc) is 2.76. The van der Waals surface area contributed by atoms with Gasteiger partial charge < -0.3 is 19.7 Å². The number of nitrogens with one attached hydrogen (secondary N) is 1. The van der Waals surface area contributed by atoms with Crippen LogP contribution in [0, 0.1) is 0 Å². The van der Waals surface area contributed by atoms with Crippen LogP contribution in [0.2, 0.25) is 0 Å². The molecular weight excluding hydrogens is 244 g/mol. The first kappa shape index (κ1) is 12.3. The summed E-state index contributed by atoms with van der Waals surface area (Å²) >= 11 is 0. The van der Waals surface area contributed by atoms with Gasteiger partial charge in [0.1, 0.15) is 0 Å². The van der Waals surface area contributed by atoms with Crippen molar-refractivity contribution in [2.24, 2.45) is 0 Å². The Morgan fingerprint density at radius 3 is 2.89 bits per heavy atom. The van der Waals surface area contributed by atoms with E-state index in [9.17, 15) is 4.79 Å². The van der Waals surface area contributed by atoms with Gasteiger partial charge in [-0.25, -0.2) is 0 Å². The summed E-state index contributed by atoms with van der Waals surface area (Å²) in [5.41, 5.74) is 0.601. The van der Waals surface area contributed by atoms with Gasteiger partial charge in [-0.05, 0) is 26.0 Å². The van der Waals surface area contributed by atoms with E-state index in [1.54, 1.807) is 0 Å². The van der Waals surface area contributed by atoms with Gasteiger partial charge in [0.25, 0.3) is 0 Å². The zero-order valence-corrected chi connectivity index (χ0v) is 11.2. The topological polar surface area (TPSA) is 50.8 Å². The summed E-state index contributed by atoms with van der Waals surface area (Å²) in [4.78, 5) is 14.2. The molecule has 0 unspecified atom stereocenters. The van der Waals surface area contributed by atoms with E-state index in [1.807, 2.05) is 23.1 Å². The number of hydrogen-bond donors (Lipinski definition) is 1. The molecule has 3 rings (SSSR count). The number of anilines is 1. The monoisotopic (exact) mass is 262 g/mol. The van der Waals surface area contributed by atoms with Crippen LogP contribution in [0.1, 0.15) is 20.3 Å². The van der Waals surface area contributed by atoms with E-state index in [-0.39, 0.29) is 18.2 Å². The molecule has 5 nitrogen and oxygen atoms in total. The van der Waals surface area contributed by atoms with Gasteiger partial charge >= 0.3 is 0 Å². The molecule has 0 bridgehead atoms. The Kier molecular flexibility index (Phi) is 2.86. The van der Waals surface area contributed by atoms with Crippen molar-refractivity contribution < 1.29 is 14.3 Å². The van der Waals surface area contributed by atoms with Crippen LogP contribution < -0.4 is 19.7 Å². The summed E-state index contributed by atoms with van der Waals surface area (Å²) < 4.78 is 10.7. The fraction of sp³-hybridized carbons (Fsp3) is 0.500. The molecule has 0 saturated carbocycles. The second kappa shape index (κ2) is 4.42. The maximum absolute atomic E-state index is 12.3. The molecule has 1 fully saturated rings. The Hall–Kier alpha value is -1.75. The molecule has 1 amide bonds. The number of carbonyl (C=O) groups excluding carboxylic acids is 1. The molecule has 1 N–H and O–H groups in total. The highest BCUT2D eigenvalue weighted by Gasteiger charge is 2.34. The molecule has 0 aromatic heterocycles. The van der Waals surface area contributed by atoms with Crippen molar-refractivity contribution >= 4 is 11.6 Å². The molecule has 0 radical (unpaired) electrons. The van der Waals surface area contributed by atoms with Crippen molar-refractivity contribution in [2.75, 3.05) is 24.8 Å². The summed E-state index contributed by atoms with van der Waals surface area (Å²) in [5, 5.41) is 3.30. The first-order valence-corrected chi connectivity index (χ1v) is 6.51. The molecular formula is C14H18N2O3. The van der Waals surface area contributed by atoms with Gasteiger partial charge in [0, 0.05) is 31.3 Å². The third kappa shape index (κ3) is 2.14. The van der Waals surface area contributed by atoms with Crippen LogP contribution >= 0.6 is 0 Å². The highest BCUT2D eigenvalue weighted by atomic mass is 16.7. The Labute approximate surface area is 112 Å². The van der Waals surface area contributed by atoms with Crippen molar-refractivity contribution in [1.29, 1.82) is 0 Å². The lowest BCUT2D eigenvalue weighted by molar-refractivity contribution is -0.119. The number of benzene rings is 1. The number of amides is 1. The predicted octanol–water partition coefficient (Wildman–Crippen LogP) is 1.52. The third-order valence-corrected chi connectivity index (χ3v) is 3.54. The van der Waals surface area contributed by atoms with Crippen LogP contribution in [0.5, 0.6) is 11.5 Å². The number of ether oxygens (including phenoxy) is 2. The molecule has 1 saturated heterocycles. The average molecular weight is 262 g/mol. The first-order chi connectivity index (χ1) is 9.08. The van der Waals surface area contributed by atoms with Gasteiger partial charge in [0.05, 0.1) is 5.54 Å². The quantitative estimate of drug-likeness (QED) is 0.833. The van der Waals surface area contributed by atoms with Crippen LogP contribution in [-0.2, 0) is 4.79 Å². The maximum atomic E-state index is 12.3. The molecule has 2 aliphatic heterocycles. The van der Waals surface area contributed by atoms with Crippen LogP contribution in [-0.4, -0.2) is 31.3 Å². The second-order valence-electron chi connectivity index (χ2n) is 5.51. The zero-order chi connectivity index (χ0) is 13.5. The smallest absolute Gasteiger partial charge is 0.231 e. The van der Waals surface area contributed by atoms with Gasteiger partial charge in [0.2, 0.25) is 12.7 Å². The second-order valence-corrected chi connectivity index (χ2v) is 5.51. The summed E-state index contributed by atoms with van der Waals surface area (Å²) in [6.45, 7) is 5.87. The van der Waals surface area contributed by atoms with E-state index in [1.165, 1.54) is 0 Å². The standard InChI is InChI=1S/C14H18N2O3/c1-14(2)8-15-6-5-13(17)16(14)10-3-4-11-12(7-10)19-9-18-11/h3-4,7,15H,5-6,8-9H2,1-2H3. The number of carbonyl (C=O) groups is 1. The van der Waals surface area contributed by atoms with Crippen LogP contribution in [0.15, 0.2) is 18.2 Å². The molecule has 0 spiro atoms. The molecule has 19 heavy (non-hydrogen) atoms. The van der Waals surface area contributed by atoms with Crippen molar-refractivity contribution in [2.45, 2.75) is 25.8 Å². The minimum absolute atomic E-state index is 0.133. The van der Waals surface area contributed by atoms with Crippen molar-refractivity contribution in [3.05, 3.63) is 18.2 Å². The Morgan fingerprint density at radius 1 is 1.26 bits per heavy atom. The summed E-state index contributed by atoms with van der Waals surface area (Å²) in [6.07, 6.45) is 0.512. The Morgan fingerprint density at radius 2 is 2.05 bits per heavy atom. The van der Waals surface area contributed by atoms with Gasteiger partial charge in [-0.2, -0.15) is 0 Å². The van der Waals surface area contributed by atoms with Crippen molar-refractivity contribution in [1.82, 2.24) is 5.32 Å². The highest BCUT2D eigenvalue weighted by Crippen LogP contribution is 2.37. The Bertz CT molecular complexity index is 513. The summed E-state index contributed by atoms with van der Waals surface area (Å²) in [6, 6.07) is 5.66. The minimum atomic E-state index is -0.263. The Balaban J connectivity index is 2.00. The number of nitrogens with zero attached hydrogens (tertiary/aromatic N) is 1. The van der Waals surface area contributed by atoms with Gasteiger partial charge in [-0.15, -0.1) is 0 Å². The molecule has 102 valence electrons. The molecule has 0 aliphatic carbocycles. The molecule has 5 heteroatoms. The van der Waals surface area contributed by atoms with E-state index in [0.717, 1.165) is 24.5 Å². The molecule has 0 atom stereocenters. The summed E-state index contributed by atoms with van der Waals surface area (Å²) in [7, 11) is 0. The van der Waals surface area contributed by atoms with Crippen molar-refractivity contribution in [3.8, 4) is 11.5 Å². The first-order valence-electron chi connectivity index (χ1n) is 6.51. The SMILES string of the molecule is CC1(C)CNCCC(=O)N1c1ccc2c(c1)OCO2. The van der Waals surface area contributed by atoms with E-state index in [0.29, 0.717) is 12.2 Å². The van der Waals surface area contributed by atoms with Crippen LogP contribution in [0.3, 0.4) is 0 Å². The van der Waals surface area contributed by atoms with E-state index in [2.05, 4.69) is 19.2 Å². The molecule has 2 heterocycles. The van der Waals surface area contributed by atoms with E-state index in [4.69, 9.17) is 9.47 Å². The highest BCUT2D eigenvalue weighted by molar-refractivity contribution is 5.95. The van der Waals surface area contributed by atoms with E-state index < -0.39 is 0 Å². The van der Waals surface area contributed by atoms with Gasteiger partial charge in [-0.3, -0.25) is 4.79 Å². The molecule has 2 aliphatic rings. The molecule has 1 aromatic rings. The summed E-state index contributed by atoms with van der Waals surface area (Å²) in [5.74, 6) is 1.58. The predicted molar refractivity (Wildman–Crippen MR) is 71.6 cm³/mol. The number of rotatable bonds is 1. The fourth-order valence-electron chi connectivity index (χ4n) is 2.64. The lowest BCUT2D eigenvalue weighted by Gasteiger charge is -2.37. The van der Waals surface area contributed by atoms with Crippen LogP contribution in [0.25, 0.3) is 0 Å².